The molecule has 1 aromatic carbocycles. The number of methoxy groups -OCH3 is 1. The zero-order valence-electron chi connectivity index (χ0n) is 15.8. The standard InChI is InChI=1S/C19H21F3N4O3/c1-29-12-15-10-17(28)26(18(24-15)25-7-2-3-8-25)11-16(27)23-14-6-4-5-13(9-14)19(20,21)22/h4-6,9-10H,2-3,7-8,11-12H2,1H3,(H,23,27). The number of aromatic nitrogens is 2. The summed E-state index contributed by atoms with van der Waals surface area (Å²) in [5.74, 6) is -0.255. The molecule has 2 heterocycles. The van der Waals surface area contributed by atoms with Gasteiger partial charge in [-0.25, -0.2) is 4.98 Å². The average molecular weight is 410 g/mol. The molecular weight excluding hydrogens is 389 g/mol. The fourth-order valence-corrected chi connectivity index (χ4v) is 3.19. The van der Waals surface area contributed by atoms with Gasteiger partial charge in [-0.15, -0.1) is 0 Å². The van der Waals surface area contributed by atoms with Crippen molar-refractivity contribution in [1.29, 1.82) is 0 Å². The van der Waals surface area contributed by atoms with Crippen LogP contribution in [0, 0.1) is 0 Å². The van der Waals surface area contributed by atoms with Crippen molar-refractivity contribution in [2.45, 2.75) is 32.2 Å². The van der Waals surface area contributed by atoms with E-state index >= 15 is 0 Å². The van der Waals surface area contributed by atoms with Crippen molar-refractivity contribution < 1.29 is 22.7 Å². The minimum atomic E-state index is -4.51. The van der Waals surface area contributed by atoms with Gasteiger partial charge in [-0.1, -0.05) is 6.07 Å². The zero-order chi connectivity index (χ0) is 21.0. The van der Waals surface area contributed by atoms with E-state index in [0.717, 1.165) is 25.0 Å². The lowest BCUT2D eigenvalue weighted by Gasteiger charge is -2.21. The molecule has 0 aliphatic carbocycles. The van der Waals surface area contributed by atoms with Crippen LogP contribution in [-0.4, -0.2) is 35.7 Å². The van der Waals surface area contributed by atoms with E-state index in [0.29, 0.717) is 24.7 Å². The molecule has 0 bridgehead atoms. The van der Waals surface area contributed by atoms with Crippen molar-refractivity contribution in [2.24, 2.45) is 0 Å². The van der Waals surface area contributed by atoms with Crippen LogP contribution in [0.15, 0.2) is 35.1 Å². The Balaban J connectivity index is 1.83. The molecule has 29 heavy (non-hydrogen) atoms. The number of hydrogen-bond acceptors (Lipinski definition) is 5. The van der Waals surface area contributed by atoms with Gasteiger partial charge in [-0.3, -0.25) is 14.2 Å². The number of benzene rings is 1. The summed E-state index contributed by atoms with van der Waals surface area (Å²) in [7, 11) is 1.49. The summed E-state index contributed by atoms with van der Waals surface area (Å²) in [6, 6.07) is 5.63. The number of halogens is 3. The first-order valence-corrected chi connectivity index (χ1v) is 9.09. The lowest BCUT2D eigenvalue weighted by atomic mass is 10.2. The molecule has 1 aromatic heterocycles. The zero-order valence-corrected chi connectivity index (χ0v) is 15.8. The van der Waals surface area contributed by atoms with E-state index in [9.17, 15) is 22.8 Å². The Hall–Kier alpha value is -2.88. The highest BCUT2D eigenvalue weighted by Gasteiger charge is 2.30. The highest BCUT2D eigenvalue weighted by Crippen LogP contribution is 2.30. The van der Waals surface area contributed by atoms with Crippen LogP contribution < -0.4 is 15.8 Å². The van der Waals surface area contributed by atoms with Crippen molar-refractivity contribution in [1.82, 2.24) is 9.55 Å². The molecule has 3 rings (SSSR count). The largest absolute Gasteiger partial charge is 0.416 e. The predicted molar refractivity (Wildman–Crippen MR) is 101 cm³/mol. The quantitative estimate of drug-likeness (QED) is 0.793. The van der Waals surface area contributed by atoms with Crippen LogP contribution in [0.2, 0.25) is 0 Å². The Morgan fingerprint density at radius 2 is 1.97 bits per heavy atom. The Labute approximate surface area is 165 Å². The fourth-order valence-electron chi connectivity index (χ4n) is 3.19. The van der Waals surface area contributed by atoms with Crippen LogP contribution in [-0.2, 0) is 28.9 Å². The smallest absolute Gasteiger partial charge is 0.378 e. The first-order chi connectivity index (χ1) is 13.8. The molecule has 1 saturated heterocycles. The van der Waals surface area contributed by atoms with E-state index in [-0.39, 0.29) is 18.8 Å². The normalized spacial score (nSPS) is 14.3. The number of amides is 1. The number of hydrogen-bond donors (Lipinski definition) is 1. The van der Waals surface area contributed by atoms with Gasteiger partial charge in [0, 0.05) is 32.0 Å². The number of carbonyl (C=O) groups is 1. The van der Waals surface area contributed by atoms with Gasteiger partial charge in [0.05, 0.1) is 17.9 Å². The van der Waals surface area contributed by atoms with Crippen LogP contribution in [0.3, 0.4) is 0 Å². The molecule has 7 nitrogen and oxygen atoms in total. The molecule has 2 aromatic rings. The molecule has 10 heteroatoms. The van der Waals surface area contributed by atoms with Gasteiger partial charge in [0.2, 0.25) is 11.9 Å². The monoisotopic (exact) mass is 410 g/mol. The first-order valence-electron chi connectivity index (χ1n) is 9.09. The highest BCUT2D eigenvalue weighted by atomic mass is 19.4. The summed E-state index contributed by atoms with van der Waals surface area (Å²) in [6.07, 6.45) is -2.62. The molecule has 0 radical (unpaired) electrons. The van der Waals surface area contributed by atoms with Crippen LogP contribution in [0.4, 0.5) is 24.8 Å². The molecule has 1 amide bonds. The lowest BCUT2D eigenvalue weighted by Crippen LogP contribution is -2.35. The number of carbonyl (C=O) groups excluding carboxylic acids is 1. The van der Waals surface area contributed by atoms with E-state index in [1.165, 1.54) is 29.9 Å². The third kappa shape index (κ3) is 5.14. The molecule has 0 spiro atoms. The van der Waals surface area contributed by atoms with E-state index in [2.05, 4.69) is 10.3 Å². The molecular formula is C19H21F3N4O3. The highest BCUT2D eigenvalue weighted by molar-refractivity contribution is 5.90. The van der Waals surface area contributed by atoms with Crippen molar-refractivity contribution >= 4 is 17.5 Å². The SMILES string of the molecule is COCc1cc(=O)n(CC(=O)Nc2cccc(C(F)(F)F)c2)c(N2CCCC2)n1. The maximum Gasteiger partial charge on any atom is 0.416 e. The van der Waals surface area contributed by atoms with Crippen molar-refractivity contribution in [3.8, 4) is 0 Å². The number of alkyl halides is 3. The second kappa shape index (κ2) is 8.64. The fraction of sp³-hybridized carbons (Fsp3) is 0.421. The van der Waals surface area contributed by atoms with E-state index < -0.39 is 23.2 Å². The van der Waals surface area contributed by atoms with Crippen molar-refractivity contribution in [2.75, 3.05) is 30.4 Å². The summed E-state index contributed by atoms with van der Waals surface area (Å²) >= 11 is 0. The van der Waals surface area contributed by atoms with Gasteiger partial charge in [-0.05, 0) is 31.0 Å². The van der Waals surface area contributed by atoms with Crippen molar-refractivity contribution in [3.05, 3.63) is 51.9 Å². The second-order valence-corrected chi connectivity index (χ2v) is 6.73. The molecule has 0 saturated carbocycles. The van der Waals surface area contributed by atoms with Crippen LogP contribution in [0.5, 0.6) is 0 Å². The van der Waals surface area contributed by atoms with Crippen LogP contribution >= 0.6 is 0 Å². The minimum Gasteiger partial charge on any atom is -0.378 e. The Kier molecular flexibility index (Phi) is 6.21. The molecule has 0 atom stereocenters. The lowest BCUT2D eigenvalue weighted by molar-refractivity contribution is -0.137. The minimum absolute atomic E-state index is 0.00422. The predicted octanol–water partition coefficient (Wildman–Crippen LogP) is 2.65. The number of anilines is 2. The third-order valence-corrected chi connectivity index (χ3v) is 4.50. The number of rotatable bonds is 6. The van der Waals surface area contributed by atoms with E-state index in [4.69, 9.17) is 4.74 Å². The molecule has 1 aliphatic heterocycles. The number of nitrogens with zero attached hydrogens (tertiary/aromatic N) is 3. The van der Waals surface area contributed by atoms with E-state index in [1.807, 2.05) is 4.90 Å². The maximum absolute atomic E-state index is 12.8. The van der Waals surface area contributed by atoms with E-state index in [1.54, 1.807) is 0 Å². The van der Waals surface area contributed by atoms with Gasteiger partial charge < -0.3 is 15.0 Å². The molecule has 0 unspecified atom stereocenters. The van der Waals surface area contributed by atoms with Crippen molar-refractivity contribution in [3.63, 3.8) is 0 Å². The van der Waals surface area contributed by atoms with Gasteiger partial charge in [0.15, 0.2) is 0 Å². The topological polar surface area (TPSA) is 76.5 Å². The molecule has 156 valence electrons. The van der Waals surface area contributed by atoms with Crippen LogP contribution in [0.25, 0.3) is 0 Å². The van der Waals surface area contributed by atoms with Gasteiger partial charge >= 0.3 is 6.18 Å². The van der Waals surface area contributed by atoms with Gasteiger partial charge in [0.25, 0.3) is 5.56 Å². The summed E-state index contributed by atoms with van der Waals surface area (Å²) in [5.41, 5.74) is -0.831. The molecule has 1 fully saturated rings. The van der Waals surface area contributed by atoms with Gasteiger partial charge in [-0.2, -0.15) is 13.2 Å². The third-order valence-electron chi connectivity index (χ3n) is 4.50. The van der Waals surface area contributed by atoms with Gasteiger partial charge in [0.1, 0.15) is 6.54 Å². The summed E-state index contributed by atoms with van der Waals surface area (Å²) in [6.45, 7) is 1.21. The number of ether oxygens (including phenoxy) is 1. The Bertz CT molecular complexity index is 937. The van der Waals surface area contributed by atoms with Crippen LogP contribution in [0.1, 0.15) is 24.1 Å². The Morgan fingerprint density at radius 1 is 1.24 bits per heavy atom. The first kappa shape index (κ1) is 20.8. The molecule has 1 aliphatic rings. The summed E-state index contributed by atoms with van der Waals surface area (Å²) in [5, 5.41) is 2.42. The number of nitrogens with one attached hydrogen (secondary N) is 1. The summed E-state index contributed by atoms with van der Waals surface area (Å²) < 4.78 is 44.8. The maximum atomic E-state index is 12.8. The summed E-state index contributed by atoms with van der Waals surface area (Å²) in [4.78, 5) is 31.4. The average Bonchev–Trinajstić information content (AvgIpc) is 3.18. The second-order valence-electron chi connectivity index (χ2n) is 6.73. The molecule has 1 N–H and O–H groups in total. The Morgan fingerprint density at radius 3 is 2.62 bits per heavy atom.